The van der Waals surface area contributed by atoms with Crippen LogP contribution in [0.5, 0.6) is 0 Å². The van der Waals surface area contributed by atoms with Crippen LogP contribution in [0, 0.1) is 17.8 Å². The molecule has 0 saturated heterocycles. The summed E-state index contributed by atoms with van der Waals surface area (Å²) in [5, 5.41) is 15.4. The summed E-state index contributed by atoms with van der Waals surface area (Å²) in [6.45, 7) is 0. The van der Waals surface area contributed by atoms with E-state index < -0.39 is 23.4 Å². The van der Waals surface area contributed by atoms with Gasteiger partial charge in [0, 0.05) is 11.6 Å². The number of benzene rings is 1. The van der Waals surface area contributed by atoms with Crippen molar-refractivity contribution in [2.45, 2.75) is 31.9 Å². The Balaban J connectivity index is 1.53. The summed E-state index contributed by atoms with van der Waals surface area (Å²) >= 11 is 0. The summed E-state index contributed by atoms with van der Waals surface area (Å²) in [7, 11) is 0. The van der Waals surface area contributed by atoms with Crippen LogP contribution in [0.2, 0.25) is 0 Å². The summed E-state index contributed by atoms with van der Waals surface area (Å²) in [5.41, 5.74) is -1.73. The third-order valence-corrected chi connectivity index (χ3v) is 5.61. The van der Waals surface area contributed by atoms with Gasteiger partial charge in [0.25, 0.3) is 0 Å². The van der Waals surface area contributed by atoms with Gasteiger partial charge in [-0.1, -0.05) is 12.8 Å². The first-order valence-electron chi connectivity index (χ1n) is 9.07. The van der Waals surface area contributed by atoms with Crippen LogP contribution in [0.3, 0.4) is 0 Å². The summed E-state index contributed by atoms with van der Waals surface area (Å²) in [5.74, 6) is -0.800. The first kappa shape index (κ1) is 18.5. The number of nitrogens with zero attached hydrogens (tertiary/aromatic N) is 2. The average Bonchev–Trinajstić information content (AvgIpc) is 3.19. The molecule has 2 fully saturated rings. The van der Waals surface area contributed by atoms with Crippen LogP contribution >= 0.6 is 0 Å². The highest BCUT2D eigenvalue weighted by Crippen LogP contribution is 2.55. The molecule has 6 nitrogen and oxygen atoms in total. The predicted molar refractivity (Wildman–Crippen MR) is 93.1 cm³/mol. The molecule has 0 aliphatic heterocycles. The van der Waals surface area contributed by atoms with E-state index in [4.69, 9.17) is 5.11 Å². The van der Waals surface area contributed by atoms with E-state index in [1.54, 1.807) is 0 Å². The standard InChI is InChI=1S/C19H18F3N3O3/c20-19(21,22)16-14(18(27)28)9-23-25(16)11-7-5-10(6-8-11)24-17(26)15-12-3-1-2-4-13(12)15/h5-9,12-13,15H,1-4H2,(H,24,26)(H,27,28). The number of amides is 1. The molecule has 0 bridgehead atoms. The van der Waals surface area contributed by atoms with Crippen molar-refractivity contribution in [3.8, 4) is 5.69 Å². The lowest BCUT2D eigenvalue weighted by atomic mass is 10.0. The first-order valence-corrected chi connectivity index (χ1v) is 9.07. The number of carboxylic acids is 1. The van der Waals surface area contributed by atoms with Crippen LogP contribution in [0.15, 0.2) is 30.5 Å². The minimum Gasteiger partial charge on any atom is -0.478 e. The lowest BCUT2D eigenvalue weighted by molar-refractivity contribution is -0.143. The number of nitrogens with one attached hydrogen (secondary N) is 1. The summed E-state index contributed by atoms with van der Waals surface area (Å²) in [6.07, 6.45) is 0.266. The topological polar surface area (TPSA) is 84.2 Å². The number of hydrogen-bond donors (Lipinski definition) is 2. The highest BCUT2D eigenvalue weighted by atomic mass is 19.4. The molecule has 2 N–H and O–H groups in total. The van der Waals surface area contributed by atoms with E-state index in [2.05, 4.69) is 10.4 Å². The zero-order chi connectivity index (χ0) is 20.1. The Morgan fingerprint density at radius 2 is 1.71 bits per heavy atom. The molecule has 2 atom stereocenters. The van der Waals surface area contributed by atoms with E-state index in [0.29, 0.717) is 28.4 Å². The number of aromatic carboxylic acids is 1. The second-order valence-electron chi connectivity index (χ2n) is 7.30. The van der Waals surface area contributed by atoms with Crippen molar-refractivity contribution in [2.75, 3.05) is 5.32 Å². The molecule has 148 valence electrons. The van der Waals surface area contributed by atoms with Crippen molar-refractivity contribution in [2.24, 2.45) is 17.8 Å². The maximum absolute atomic E-state index is 13.3. The molecule has 2 aliphatic carbocycles. The molecule has 1 aromatic carbocycles. The van der Waals surface area contributed by atoms with Gasteiger partial charge in [0.05, 0.1) is 11.9 Å². The number of carboxylic acid groups (broad SMARTS) is 1. The third kappa shape index (κ3) is 3.25. The number of carbonyl (C=O) groups is 2. The molecule has 2 unspecified atom stereocenters. The van der Waals surface area contributed by atoms with E-state index in [9.17, 15) is 22.8 Å². The van der Waals surface area contributed by atoms with Gasteiger partial charge in [-0.25, -0.2) is 9.48 Å². The van der Waals surface area contributed by atoms with Gasteiger partial charge in [0.1, 0.15) is 5.56 Å². The van der Waals surface area contributed by atoms with Gasteiger partial charge in [-0.05, 0) is 48.9 Å². The summed E-state index contributed by atoms with van der Waals surface area (Å²) in [4.78, 5) is 23.5. The normalized spacial score (nSPS) is 23.8. The largest absolute Gasteiger partial charge is 0.478 e. The molecule has 2 saturated carbocycles. The Morgan fingerprint density at radius 1 is 1.11 bits per heavy atom. The van der Waals surface area contributed by atoms with Gasteiger partial charge < -0.3 is 10.4 Å². The number of hydrogen-bond acceptors (Lipinski definition) is 3. The number of anilines is 1. The first-order chi connectivity index (χ1) is 13.3. The fourth-order valence-corrected chi connectivity index (χ4v) is 4.27. The number of alkyl halides is 3. The van der Waals surface area contributed by atoms with Gasteiger partial charge in [-0.2, -0.15) is 18.3 Å². The molecule has 4 rings (SSSR count). The van der Waals surface area contributed by atoms with Crippen LogP contribution in [-0.4, -0.2) is 26.8 Å². The molecule has 2 aromatic rings. The molecule has 0 radical (unpaired) electrons. The number of aromatic nitrogens is 2. The van der Waals surface area contributed by atoms with Crippen LogP contribution in [-0.2, 0) is 11.0 Å². The fourth-order valence-electron chi connectivity index (χ4n) is 4.27. The Hall–Kier alpha value is -2.84. The smallest absolute Gasteiger partial charge is 0.434 e. The third-order valence-electron chi connectivity index (χ3n) is 5.61. The van der Waals surface area contributed by atoms with Gasteiger partial charge in [-0.3, -0.25) is 4.79 Å². The maximum atomic E-state index is 13.3. The van der Waals surface area contributed by atoms with E-state index in [0.717, 1.165) is 25.7 Å². The lowest BCUT2D eigenvalue weighted by Crippen LogP contribution is -2.17. The molecule has 1 amide bonds. The minimum absolute atomic E-state index is 0.0308. The summed E-state index contributed by atoms with van der Waals surface area (Å²) in [6, 6.07) is 5.70. The average molecular weight is 393 g/mol. The molecule has 1 heterocycles. The monoisotopic (exact) mass is 393 g/mol. The van der Waals surface area contributed by atoms with Gasteiger partial charge in [0.2, 0.25) is 5.91 Å². The van der Waals surface area contributed by atoms with E-state index >= 15 is 0 Å². The molecule has 2 aliphatic rings. The van der Waals surface area contributed by atoms with Crippen LogP contribution in [0.25, 0.3) is 5.69 Å². The molecular weight excluding hydrogens is 375 g/mol. The number of fused-ring (bicyclic) bond motifs is 1. The molecule has 28 heavy (non-hydrogen) atoms. The second-order valence-corrected chi connectivity index (χ2v) is 7.30. The van der Waals surface area contributed by atoms with Crippen LogP contribution < -0.4 is 5.32 Å². The zero-order valence-corrected chi connectivity index (χ0v) is 14.7. The zero-order valence-electron chi connectivity index (χ0n) is 14.7. The highest BCUT2D eigenvalue weighted by molar-refractivity contribution is 5.95. The van der Waals surface area contributed by atoms with Crippen molar-refractivity contribution in [1.29, 1.82) is 0 Å². The Bertz CT molecular complexity index is 909. The van der Waals surface area contributed by atoms with E-state index in [1.165, 1.54) is 24.3 Å². The molecule has 1 aromatic heterocycles. The van der Waals surface area contributed by atoms with Crippen molar-refractivity contribution in [1.82, 2.24) is 9.78 Å². The lowest BCUT2D eigenvalue weighted by Gasteiger charge is -2.12. The fraction of sp³-hybridized carbons (Fsp3) is 0.421. The molecule has 0 spiro atoms. The quantitative estimate of drug-likeness (QED) is 0.824. The van der Waals surface area contributed by atoms with Gasteiger partial charge in [-0.15, -0.1) is 0 Å². The minimum atomic E-state index is -4.88. The number of halogens is 3. The van der Waals surface area contributed by atoms with Crippen molar-refractivity contribution in [3.63, 3.8) is 0 Å². The van der Waals surface area contributed by atoms with Gasteiger partial charge in [0.15, 0.2) is 5.69 Å². The summed E-state index contributed by atoms with van der Waals surface area (Å²) < 4.78 is 40.4. The predicted octanol–water partition coefficient (Wildman–Crippen LogP) is 3.96. The Morgan fingerprint density at radius 3 is 2.25 bits per heavy atom. The molecule has 9 heteroatoms. The van der Waals surface area contributed by atoms with Gasteiger partial charge >= 0.3 is 12.1 Å². The van der Waals surface area contributed by atoms with Crippen molar-refractivity contribution in [3.05, 3.63) is 41.7 Å². The van der Waals surface area contributed by atoms with E-state index in [1.807, 2.05) is 0 Å². The van der Waals surface area contributed by atoms with Crippen LogP contribution in [0.1, 0.15) is 41.7 Å². The second kappa shape index (κ2) is 6.65. The van der Waals surface area contributed by atoms with E-state index in [-0.39, 0.29) is 17.5 Å². The van der Waals surface area contributed by atoms with Crippen molar-refractivity contribution < 1.29 is 27.9 Å². The van der Waals surface area contributed by atoms with Crippen molar-refractivity contribution >= 4 is 17.6 Å². The Kier molecular flexibility index (Phi) is 4.40. The van der Waals surface area contributed by atoms with Crippen LogP contribution in [0.4, 0.5) is 18.9 Å². The SMILES string of the molecule is O=C(O)c1cnn(-c2ccc(NC(=O)C3C4CCCCC43)cc2)c1C(F)(F)F. The maximum Gasteiger partial charge on any atom is 0.434 e. The highest BCUT2D eigenvalue weighted by Gasteiger charge is 2.54. The Labute approximate surface area is 158 Å². The number of carbonyl (C=O) groups excluding carboxylic acids is 1. The number of rotatable bonds is 4. The molecular formula is C19H18F3N3O3.